The third kappa shape index (κ3) is 0.913. The van der Waals surface area contributed by atoms with E-state index >= 15 is 0 Å². The lowest BCUT2D eigenvalue weighted by Gasteiger charge is -2.43. The van der Waals surface area contributed by atoms with Gasteiger partial charge in [-0.25, -0.2) is 0 Å². The van der Waals surface area contributed by atoms with Crippen molar-refractivity contribution in [2.24, 2.45) is 0 Å². The van der Waals surface area contributed by atoms with Crippen LogP contribution in [0.2, 0.25) is 0 Å². The minimum atomic E-state index is -0.679. The largest absolute Gasteiger partial charge is 0.460 e. The summed E-state index contributed by atoms with van der Waals surface area (Å²) in [4.78, 5) is 12.6. The molecule has 0 aromatic heterocycles. The van der Waals surface area contributed by atoms with Crippen molar-refractivity contribution in [3.05, 3.63) is 82.4 Å². The fourth-order valence-corrected chi connectivity index (χ4v) is 4.14. The van der Waals surface area contributed by atoms with Crippen LogP contribution in [0, 0.1) is 0 Å². The molecule has 96 valence electrons. The van der Waals surface area contributed by atoms with Crippen LogP contribution in [0.3, 0.4) is 0 Å². The van der Waals surface area contributed by atoms with Crippen molar-refractivity contribution in [3.8, 4) is 0 Å². The van der Waals surface area contributed by atoms with Crippen LogP contribution in [0.15, 0.2) is 60.2 Å². The molecule has 6 rings (SSSR count). The van der Waals surface area contributed by atoms with Gasteiger partial charge in [-0.05, 0) is 27.8 Å². The second-order valence-electron chi connectivity index (χ2n) is 5.67. The highest BCUT2D eigenvalue weighted by Gasteiger charge is 2.58. The molecule has 1 heterocycles. The monoisotopic (exact) mass is 260 g/mol. The van der Waals surface area contributed by atoms with E-state index in [0.29, 0.717) is 6.61 Å². The van der Waals surface area contributed by atoms with Gasteiger partial charge in [-0.2, -0.15) is 0 Å². The number of esters is 1. The number of carbonyl (C=O) groups excluding carboxylic acids is 1. The van der Waals surface area contributed by atoms with Crippen molar-refractivity contribution >= 4 is 5.97 Å². The summed E-state index contributed by atoms with van der Waals surface area (Å²) in [6.45, 7) is 0.429. The molecule has 1 spiro atoms. The summed E-state index contributed by atoms with van der Waals surface area (Å²) in [5, 5.41) is 0. The number of cyclic esters (lactones) is 1. The lowest BCUT2D eigenvalue weighted by molar-refractivity contribution is -0.141. The number of hydrogen-bond acceptors (Lipinski definition) is 2. The first-order valence-corrected chi connectivity index (χ1v) is 6.90. The fraction of sp³-hybridized carbons (Fsp3) is 0.167. The minimum Gasteiger partial charge on any atom is -0.460 e. The Kier molecular flexibility index (Phi) is 1.67. The van der Waals surface area contributed by atoms with Gasteiger partial charge in [0, 0.05) is 5.92 Å². The maximum Gasteiger partial charge on any atom is 0.325 e. The van der Waals surface area contributed by atoms with E-state index in [0.717, 1.165) is 16.7 Å². The van der Waals surface area contributed by atoms with Gasteiger partial charge in [0.15, 0.2) is 0 Å². The molecule has 0 amide bonds. The van der Waals surface area contributed by atoms with Crippen LogP contribution in [0.1, 0.15) is 28.2 Å². The quantitative estimate of drug-likeness (QED) is 0.538. The van der Waals surface area contributed by atoms with Crippen molar-refractivity contribution in [1.29, 1.82) is 0 Å². The molecule has 1 saturated heterocycles. The molecule has 2 heteroatoms. The van der Waals surface area contributed by atoms with E-state index in [1.54, 1.807) is 0 Å². The van der Waals surface area contributed by atoms with Gasteiger partial charge in [-0.15, -0.1) is 0 Å². The van der Waals surface area contributed by atoms with E-state index in [4.69, 9.17) is 4.74 Å². The number of rotatable bonds is 0. The van der Waals surface area contributed by atoms with E-state index < -0.39 is 5.41 Å². The Morgan fingerprint density at radius 1 is 0.950 bits per heavy atom. The van der Waals surface area contributed by atoms with Gasteiger partial charge in [0.2, 0.25) is 0 Å². The van der Waals surface area contributed by atoms with Crippen LogP contribution in [-0.2, 0) is 14.9 Å². The molecule has 20 heavy (non-hydrogen) atoms. The summed E-state index contributed by atoms with van der Waals surface area (Å²) in [7, 11) is 0. The first kappa shape index (κ1) is 10.4. The molecule has 2 aromatic carbocycles. The lowest BCUT2D eigenvalue weighted by Crippen LogP contribution is -2.43. The van der Waals surface area contributed by atoms with Gasteiger partial charge in [-0.1, -0.05) is 54.6 Å². The topological polar surface area (TPSA) is 26.3 Å². The van der Waals surface area contributed by atoms with Crippen molar-refractivity contribution in [3.63, 3.8) is 0 Å². The Bertz CT molecular complexity index is 753. The normalized spacial score (nSPS) is 28.3. The first-order valence-electron chi connectivity index (χ1n) is 6.90. The van der Waals surface area contributed by atoms with Crippen molar-refractivity contribution in [1.82, 2.24) is 0 Å². The molecular formula is C18H12O2. The van der Waals surface area contributed by atoms with E-state index in [-0.39, 0.29) is 11.9 Å². The Hall–Kier alpha value is -2.35. The first-order chi connectivity index (χ1) is 9.83. The van der Waals surface area contributed by atoms with Crippen molar-refractivity contribution < 1.29 is 9.53 Å². The van der Waals surface area contributed by atoms with Gasteiger partial charge in [0.1, 0.15) is 12.0 Å². The lowest BCUT2D eigenvalue weighted by atomic mass is 9.56. The van der Waals surface area contributed by atoms with Crippen LogP contribution < -0.4 is 0 Å². The zero-order chi connectivity index (χ0) is 13.3. The summed E-state index contributed by atoms with van der Waals surface area (Å²) in [5.41, 5.74) is 5.15. The average molecular weight is 260 g/mol. The van der Waals surface area contributed by atoms with E-state index in [9.17, 15) is 4.79 Å². The van der Waals surface area contributed by atoms with E-state index in [1.165, 1.54) is 11.1 Å². The van der Waals surface area contributed by atoms with Crippen molar-refractivity contribution in [2.45, 2.75) is 11.3 Å². The second kappa shape index (κ2) is 3.21. The molecule has 0 saturated carbocycles. The minimum absolute atomic E-state index is 0.123. The van der Waals surface area contributed by atoms with Crippen LogP contribution in [0.25, 0.3) is 0 Å². The molecule has 0 atom stereocenters. The summed E-state index contributed by atoms with van der Waals surface area (Å²) in [6, 6.07) is 16.6. The average Bonchev–Trinajstić information content (AvgIpc) is 2.86. The molecule has 2 bridgehead atoms. The number of allylic oxidation sites excluding steroid dienone is 1. The van der Waals surface area contributed by atoms with Crippen LogP contribution in [0.4, 0.5) is 0 Å². The van der Waals surface area contributed by atoms with Gasteiger partial charge in [0.05, 0.1) is 0 Å². The smallest absolute Gasteiger partial charge is 0.325 e. The highest BCUT2D eigenvalue weighted by atomic mass is 16.5. The molecule has 0 radical (unpaired) electrons. The third-order valence-corrected chi connectivity index (χ3v) is 4.91. The van der Waals surface area contributed by atoms with E-state index in [1.807, 2.05) is 24.3 Å². The zero-order valence-corrected chi connectivity index (χ0v) is 10.8. The molecule has 0 unspecified atom stereocenters. The Morgan fingerprint density at radius 3 is 2.20 bits per heavy atom. The van der Waals surface area contributed by atoms with Crippen LogP contribution in [0.5, 0.6) is 0 Å². The number of benzene rings is 2. The third-order valence-electron chi connectivity index (χ3n) is 4.91. The SMILES string of the molecule is O=C1OCC2=CC3c4ccccc4C12c1ccccc13. The van der Waals surface area contributed by atoms with Crippen LogP contribution in [-0.4, -0.2) is 12.6 Å². The highest BCUT2D eigenvalue weighted by Crippen LogP contribution is 2.58. The molecular weight excluding hydrogens is 248 g/mol. The molecule has 2 aromatic rings. The summed E-state index contributed by atoms with van der Waals surface area (Å²) in [6.07, 6.45) is 2.23. The standard InChI is InChI=1S/C18H12O2/c19-17-18-11(10-20-17)9-14(12-5-1-3-7-15(12)18)13-6-2-4-8-16(13)18/h1-9,14H,10H2. The highest BCUT2D eigenvalue weighted by molar-refractivity contribution is 5.98. The van der Waals surface area contributed by atoms with Crippen LogP contribution >= 0.6 is 0 Å². The number of ether oxygens (including phenoxy) is 1. The zero-order valence-electron chi connectivity index (χ0n) is 10.8. The maximum atomic E-state index is 12.6. The number of carbonyl (C=O) groups is 1. The summed E-state index contributed by atoms with van der Waals surface area (Å²) in [5.74, 6) is 0.135. The second-order valence-corrected chi connectivity index (χ2v) is 5.67. The predicted molar refractivity (Wildman–Crippen MR) is 74.5 cm³/mol. The fourth-order valence-electron chi connectivity index (χ4n) is 4.14. The molecule has 4 aliphatic rings. The molecule has 1 fully saturated rings. The Morgan fingerprint density at radius 2 is 1.55 bits per heavy atom. The number of hydrogen-bond donors (Lipinski definition) is 0. The summed E-state index contributed by atoms with van der Waals surface area (Å²) >= 11 is 0. The predicted octanol–water partition coefficient (Wildman–Crippen LogP) is 2.91. The Labute approximate surface area is 116 Å². The molecule has 3 aliphatic carbocycles. The van der Waals surface area contributed by atoms with Crippen molar-refractivity contribution in [2.75, 3.05) is 6.61 Å². The van der Waals surface area contributed by atoms with Gasteiger partial charge in [-0.3, -0.25) is 4.79 Å². The molecule has 0 N–H and O–H groups in total. The van der Waals surface area contributed by atoms with Gasteiger partial charge >= 0.3 is 5.97 Å². The summed E-state index contributed by atoms with van der Waals surface area (Å²) < 4.78 is 5.43. The maximum absolute atomic E-state index is 12.6. The van der Waals surface area contributed by atoms with E-state index in [2.05, 4.69) is 30.3 Å². The molecule has 1 aliphatic heterocycles. The Balaban J connectivity index is 1.99. The molecule has 2 nitrogen and oxygen atoms in total. The van der Waals surface area contributed by atoms with Gasteiger partial charge in [0.25, 0.3) is 0 Å². The van der Waals surface area contributed by atoms with Gasteiger partial charge < -0.3 is 4.74 Å².